The molecule has 1 fully saturated rings. The third-order valence-corrected chi connectivity index (χ3v) is 9.68. The zero-order valence-electron chi connectivity index (χ0n) is 21.6. The average molecular weight is 664 g/mol. The summed E-state index contributed by atoms with van der Waals surface area (Å²) in [5, 5.41) is 0. The molecule has 0 radical (unpaired) electrons. The molecule has 0 aromatic carbocycles. The number of nitrogens with two attached hydrogens (primary N) is 1. The summed E-state index contributed by atoms with van der Waals surface area (Å²) < 4.78 is 46.9. The lowest BCUT2D eigenvalue weighted by molar-refractivity contribution is -0.0462. The minimum absolute atomic E-state index is 0.0220. The fourth-order valence-electron chi connectivity index (χ4n) is 4.66. The number of aromatic nitrogens is 8. The van der Waals surface area contributed by atoms with Crippen molar-refractivity contribution in [1.29, 1.82) is 0 Å². The molecule has 0 saturated carbocycles. The van der Waals surface area contributed by atoms with Crippen LogP contribution in [-0.4, -0.2) is 80.4 Å². The number of hydrogen-bond acceptors (Lipinski definition) is 14. The zero-order chi connectivity index (χ0) is 29.8. The predicted molar refractivity (Wildman–Crippen MR) is 151 cm³/mol. The van der Waals surface area contributed by atoms with Crippen molar-refractivity contribution in [2.75, 3.05) is 18.9 Å². The number of anilines is 1. The highest BCUT2D eigenvalue weighted by atomic mass is 32.5. The smallest absolute Gasteiger partial charge is 0.325 e. The van der Waals surface area contributed by atoms with Crippen LogP contribution < -0.4 is 11.3 Å². The Morgan fingerprint density at radius 1 is 1.12 bits per heavy atom. The lowest BCUT2D eigenvalue weighted by Gasteiger charge is -2.25. The molecule has 4 aromatic rings. The number of aryl methyl sites for hydroxylation is 2. The molecule has 17 nitrogen and oxygen atoms in total. The number of nitrogen functional groups attached to an aromatic ring is 1. The van der Waals surface area contributed by atoms with Crippen LogP contribution in [0.25, 0.3) is 22.3 Å². The summed E-state index contributed by atoms with van der Waals surface area (Å²) in [5.41, 5.74) is 6.17. The summed E-state index contributed by atoms with van der Waals surface area (Å²) in [6.07, 6.45) is -3.43. The van der Waals surface area contributed by atoms with E-state index in [1.165, 1.54) is 17.2 Å². The number of halogens is 1. The zero-order valence-corrected chi connectivity index (χ0v) is 25.1. The number of nitrogens with one attached hydrogen (secondary N) is 1. The number of rotatable bonds is 1. The number of hydrogen-bond donors (Lipinski definition) is 4. The highest BCUT2D eigenvalue weighted by Gasteiger charge is 2.50. The summed E-state index contributed by atoms with van der Waals surface area (Å²) in [7, 11) is 0. The second-order valence-corrected chi connectivity index (χ2v) is 15.0. The number of nitrogens with zero attached hydrogens (tertiary/aromatic N) is 7. The van der Waals surface area contributed by atoms with E-state index in [0.717, 1.165) is 0 Å². The van der Waals surface area contributed by atoms with Gasteiger partial charge >= 0.3 is 13.4 Å². The number of fused-ring (bicyclic) bond motifs is 6. The first-order chi connectivity index (χ1) is 19.9. The van der Waals surface area contributed by atoms with Gasteiger partial charge in [-0.3, -0.25) is 13.9 Å². The van der Waals surface area contributed by atoms with E-state index >= 15 is 4.39 Å². The molecule has 5 N–H and O–H groups in total. The van der Waals surface area contributed by atoms with E-state index in [1.54, 1.807) is 11.5 Å². The van der Waals surface area contributed by atoms with Gasteiger partial charge in [0.15, 0.2) is 40.5 Å². The number of imidazole rings is 2. The van der Waals surface area contributed by atoms with E-state index in [4.69, 9.17) is 52.2 Å². The number of H-pyrrole nitrogens is 1. The third kappa shape index (κ3) is 5.77. The number of alkyl halides is 1. The van der Waals surface area contributed by atoms with Gasteiger partial charge in [0.25, 0.3) is 5.56 Å². The Kier molecular flexibility index (Phi) is 7.99. The van der Waals surface area contributed by atoms with Gasteiger partial charge < -0.3 is 43.4 Å². The quantitative estimate of drug-likeness (QED) is 0.208. The van der Waals surface area contributed by atoms with E-state index in [-0.39, 0.29) is 48.4 Å². The summed E-state index contributed by atoms with van der Waals surface area (Å²) in [5.74, 6) is 0.659. The van der Waals surface area contributed by atoms with E-state index in [2.05, 4.69) is 29.9 Å². The summed E-state index contributed by atoms with van der Waals surface area (Å²) >= 11 is 10.4. The largest absolute Gasteiger partial charge is 0.382 e. The topological polar surface area (TPSA) is 220 Å². The Labute approximate surface area is 245 Å². The highest BCUT2D eigenvalue weighted by Crippen LogP contribution is 2.52. The lowest BCUT2D eigenvalue weighted by Crippen LogP contribution is -2.32. The van der Waals surface area contributed by atoms with Crippen molar-refractivity contribution in [3.8, 4) is 0 Å². The number of ether oxygens (including phenoxy) is 1. The van der Waals surface area contributed by atoms with Gasteiger partial charge in [-0.2, -0.15) is 0 Å². The van der Waals surface area contributed by atoms with Crippen LogP contribution in [0.1, 0.15) is 24.3 Å². The molecule has 4 aromatic heterocycles. The molecule has 226 valence electrons. The van der Waals surface area contributed by atoms with Gasteiger partial charge in [-0.05, 0) is 37.0 Å². The fraction of sp³-hybridized carbons (Fsp3) is 0.500. The minimum Gasteiger partial charge on any atom is -0.382 e. The summed E-state index contributed by atoms with van der Waals surface area (Å²) in [6, 6.07) is 0. The Morgan fingerprint density at radius 2 is 1.93 bits per heavy atom. The molecule has 22 heteroatoms. The van der Waals surface area contributed by atoms with Crippen LogP contribution in [0, 0.1) is 6.92 Å². The first-order valence-electron chi connectivity index (χ1n) is 12.4. The van der Waals surface area contributed by atoms with Crippen molar-refractivity contribution in [2.24, 2.45) is 0 Å². The molecule has 0 amide bonds. The molecule has 2 aliphatic rings. The van der Waals surface area contributed by atoms with Crippen LogP contribution >= 0.6 is 13.4 Å². The van der Waals surface area contributed by atoms with Crippen LogP contribution in [0.2, 0.25) is 0 Å². The molecule has 2 aliphatic heterocycles. The van der Waals surface area contributed by atoms with Gasteiger partial charge in [0.2, 0.25) is 0 Å². The molecular weight excluding hydrogens is 639 g/mol. The van der Waals surface area contributed by atoms with E-state index < -0.39 is 50.2 Å². The Balaban J connectivity index is 1.38. The molecule has 0 aliphatic carbocycles. The Morgan fingerprint density at radius 3 is 2.74 bits per heavy atom. The second-order valence-electron chi connectivity index (χ2n) is 9.36. The molecule has 2 bridgehead atoms. The van der Waals surface area contributed by atoms with E-state index in [0.29, 0.717) is 17.6 Å². The molecule has 1 saturated heterocycles. The van der Waals surface area contributed by atoms with E-state index in [1.807, 2.05) is 0 Å². The Hall–Kier alpha value is -2.35. The van der Waals surface area contributed by atoms with Gasteiger partial charge in [-0.1, -0.05) is 0 Å². The monoisotopic (exact) mass is 663 g/mol. The lowest BCUT2D eigenvalue weighted by atomic mass is 10.1. The predicted octanol–water partition coefficient (Wildman–Crippen LogP) is 0.858. The maximum absolute atomic E-state index is 15.9. The molecular formula is C20H24FN9O8P2S2. The Bertz CT molecular complexity index is 1820. The van der Waals surface area contributed by atoms with Crippen LogP contribution in [0.4, 0.5) is 10.2 Å². The van der Waals surface area contributed by atoms with Crippen LogP contribution in [-0.2, 0) is 59.6 Å². The maximum atomic E-state index is 15.9. The third-order valence-electron chi connectivity index (χ3n) is 6.52. The highest BCUT2D eigenvalue weighted by molar-refractivity contribution is 8.07. The number of aromatic amines is 1. The maximum Gasteiger partial charge on any atom is 0.325 e. The molecule has 6 rings (SSSR count). The average Bonchev–Trinajstić information content (AvgIpc) is 3.59. The van der Waals surface area contributed by atoms with Crippen molar-refractivity contribution >= 4 is 65.2 Å². The first-order valence-corrected chi connectivity index (χ1v) is 17.6. The van der Waals surface area contributed by atoms with Crippen LogP contribution in [0.15, 0.2) is 17.4 Å². The van der Waals surface area contributed by atoms with Crippen molar-refractivity contribution < 1.29 is 37.0 Å². The standard InChI is InChI=1S/C20H24FN9O8P2S2/c1-9-26-18-14(19(31)27-9)25-8-30(18)20-15-12(21)10(37-20)5-35-39(32,41)34-4-2-3-29-11(6-36-40(33,42)38-15)28-13-16(22)23-7-24-17(13)29/h7-8,10,12,15,20H,2-6H2,1H3,(H,32,41)(H,33,42)(H2,22,23,24)(H,26,27,31)/t10-,12-,15-,20-,39?,40?/m1/s1. The molecule has 0 spiro atoms. The normalized spacial score (nSPS) is 31.4. The van der Waals surface area contributed by atoms with Crippen molar-refractivity contribution in [3.63, 3.8) is 0 Å². The second kappa shape index (κ2) is 11.3. The minimum atomic E-state index is -4.18. The van der Waals surface area contributed by atoms with Crippen LogP contribution in [0.3, 0.4) is 0 Å². The summed E-state index contributed by atoms with van der Waals surface area (Å²) in [4.78, 5) is 57.5. The summed E-state index contributed by atoms with van der Waals surface area (Å²) in [6.45, 7) is -7.05. The van der Waals surface area contributed by atoms with Gasteiger partial charge in [0, 0.05) is 6.54 Å². The fourth-order valence-corrected chi connectivity index (χ4v) is 7.16. The van der Waals surface area contributed by atoms with Crippen LogP contribution in [0.5, 0.6) is 0 Å². The van der Waals surface area contributed by atoms with Crippen molar-refractivity contribution in [1.82, 2.24) is 39.0 Å². The van der Waals surface area contributed by atoms with Gasteiger partial charge in [0.05, 0.1) is 19.5 Å². The van der Waals surface area contributed by atoms with Gasteiger partial charge in [-0.25, -0.2) is 29.3 Å². The van der Waals surface area contributed by atoms with Crippen molar-refractivity contribution in [3.05, 3.63) is 34.7 Å². The molecule has 42 heavy (non-hydrogen) atoms. The molecule has 6 heterocycles. The first kappa shape index (κ1) is 29.7. The molecule has 2 unspecified atom stereocenters. The SMILES string of the molecule is Cc1nc2c(ncn2[C@@H]2O[C@@H]3COP(O)(=S)OCCCn4c(nc5c(N)ncnc54)COP(O)(=S)O[C@@H]2[C@@H]3F)c(=O)[nH]1. The van der Waals surface area contributed by atoms with Gasteiger partial charge in [-0.15, -0.1) is 0 Å². The molecule has 6 atom stereocenters. The van der Waals surface area contributed by atoms with E-state index in [9.17, 15) is 14.6 Å². The van der Waals surface area contributed by atoms with Gasteiger partial charge in [0.1, 0.15) is 36.8 Å². The van der Waals surface area contributed by atoms with Crippen molar-refractivity contribution in [2.45, 2.75) is 51.1 Å².